The van der Waals surface area contributed by atoms with Gasteiger partial charge in [0, 0.05) is 48.5 Å². The first-order chi connectivity index (χ1) is 18.5. The fourth-order valence-electron chi connectivity index (χ4n) is 6.09. The molecule has 0 radical (unpaired) electrons. The monoisotopic (exact) mass is 528 g/mol. The van der Waals surface area contributed by atoms with Gasteiger partial charge in [0.25, 0.3) is 5.91 Å². The third-order valence-corrected chi connectivity index (χ3v) is 8.60. The van der Waals surface area contributed by atoms with Crippen molar-refractivity contribution in [2.45, 2.75) is 38.6 Å². The number of carbonyl (C=O) groups is 2. The number of fused-ring (bicyclic) bond motifs is 2. The summed E-state index contributed by atoms with van der Waals surface area (Å²) in [6.45, 7) is 5.41. The Morgan fingerprint density at radius 2 is 1.71 bits per heavy atom. The van der Waals surface area contributed by atoms with Gasteiger partial charge < -0.3 is 15.5 Å². The van der Waals surface area contributed by atoms with Crippen LogP contribution in [0.2, 0.25) is 5.02 Å². The van der Waals surface area contributed by atoms with Crippen molar-refractivity contribution < 1.29 is 9.59 Å². The van der Waals surface area contributed by atoms with Gasteiger partial charge in [-0.25, -0.2) is 0 Å². The van der Waals surface area contributed by atoms with Crippen LogP contribution in [0.1, 0.15) is 60.1 Å². The Morgan fingerprint density at radius 3 is 2.42 bits per heavy atom. The Kier molecular flexibility index (Phi) is 6.62. The molecule has 2 aliphatic heterocycles. The maximum absolute atomic E-state index is 13.0. The number of nitrogens with one attached hydrogen (secondary N) is 2. The summed E-state index contributed by atoms with van der Waals surface area (Å²) in [7, 11) is 0. The molecule has 3 aromatic carbocycles. The average molecular weight is 529 g/mol. The summed E-state index contributed by atoms with van der Waals surface area (Å²) >= 11 is 6.74. The highest BCUT2D eigenvalue weighted by molar-refractivity contribution is 6.33. The Bertz CT molecular complexity index is 1380. The standard InChI is InChI=1S/C31H33ClN4O2/c1-2-13-31(14-15-31)30(38)33-21-11-12-27(25(32)20-21)35-16-18-36(19-17-35)28-22-7-3-4-8-23(22)29(37)34-26-10-6-5-9-24(26)28/h3-12,20,28H,2,13-19H2,1H3,(H,33,38)(H,34,37). The van der Waals surface area contributed by atoms with Gasteiger partial charge in [0.05, 0.1) is 16.8 Å². The molecule has 196 valence electrons. The second-order valence-corrected chi connectivity index (χ2v) is 11.1. The summed E-state index contributed by atoms with van der Waals surface area (Å²) in [6, 6.07) is 21.9. The minimum absolute atomic E-state index is 0.00516. The highest BCUT2D eigenvalue weighted by Crippen LogP contribution is 2.50. The van der Waals surface area contributed by atoms with Gasteiger partial charge in [0.15, 0.2) is 0 Å². The molecule has 0 aromatic heterocycles. The van der Waals surface area contributed by atoms with Crippen molar-refractivity contribution in [3.05, 3.63) is 88.4 Å². The third-order valence-electron chi connectivity index (χ3n) is 8.29. The predicted molar refractivity (Wildman–Crippen MR) is 153 cm³/mol. The van der Waals surface area contributed by atoms with Gasteiger partial charge in [0.2, 0.25) is 5.91 Å². The Balaban J connectivity index is 1.19. The van der Waals surface area contributed by atoms with Crippen molar-refractivity contribution in [1.29, 1.82) is 0 Å². The van der Waals surface area contributed by atoms with Gasteiger partial charge >= 0.3 is 0 Å². The van der Waals surface area contributed by atoms with E-state index in [2.05, 4.69) is 39.5 Å². The van der Waals surface area contributed by atoms with E-state index in [9.17, 15) is 9.59 Å². The van der Waals surface area contributed by atoms with E-state index < -0.39 is 0 Å². The Labute approximate surface area is 229 Å². The van der Waals surface area contributed by atoms with Crippen LogP contribution < -0.4 is 15.5 Å². The van der Waals surface area contributed by atoms with E-state index in [1.807, 2.05) is 54.6 Å². The van der Waals surface area contributed by atoms with Crippen LogP contribution in [-0.2, 0) is 4.79 Å². The van der Waals surface area contributed by atoms with Crippen LogP contribution in [-0.4, -0.2) is 42.9 Å². The molecule has 2 N–H and O–H groups in total. The molecular weight excluding hydrogens is 496 g/mol. The highest BCUT2D eigenvalue weighted by atomic mass is 35.5. The van der Waals surface area contributed by atoms with E-state index in [1.54, 1.807) is 0 Å². The van der Waals surface area contributed by atoms with E-state index in [1.165, 1.54) is 0 Å². The maximum Gasteiger partial charge on any atom is 0.256 e. The van der Waals surface area contributed by atoms with Gasteiger partial charge in [-0.3, -0.25) is 14.5 Å². The molecule has 2 amide bonds. The highest BCUT2D eigenvalue weighted by Gasteiger charge is 2.48. The zero-order valence-corrected chi connectivity index (χ0v) is 22.4. The van der Waals surface area contributed by atoms with Gasteiger partial charge in [-0.05, 0) is 60.7 Å². The molecule has 1 saturated heterocycles. The largest absolute Gasteiger partial charge is 0.368 e. The summed E-state index contributed by atoms with van der Waals surface area (Å²) in [5, 5.41) is 6.85. The summed E-state index contributed by atoms with van der Waals surface area (Å²) in [5.74, 6) is 0.0594. The molecule has 38 heavy (non-hydrogen) atoms. The number of carbonyl (C=O) groups excluding carboxylic acids is 2. The maximum atomic E-state index is 13.0. The number of anilines is 3. The summed E-state index contributed by atoms with van der Waals surface area (Å²) in [4.78, 5) is 30.5. The van der Waals surface area contributed by atoms with Crippen LogP contribution in [0, 0.1) is 5.41 Å². The molecule has 1 saturated carbocycles. The molecule has 2 heterocycles. The van der Waals surface area contributed by atoms with Crippen LogP contribution in [0.5, 0.6) is 0 Å². The van der Waals surface area contributed by atoms with Crippen LogP contribution >= 0.6 is 11.6 Å². The number of benzene rings is 3. The molecule has 6 nitrogen and oxygen atoms in total. The molecular formula is C31H33ClN4O2. The lowest BCUT2D eigenvalue weighted by Gasteiger charge is -2.41. The first-order valence-electron chi connectivity index (χ1n) is 13.6. The molecule has 1 aliphatic carbocycles. The Hall–Kier alpha value is -3.35. The van der Waals surface area contributed by atoms with E-state index in [4.69, 9.17) is 11.6 Å². The fraction of sp³-hybridized carbons (Fsp3) is 0.355. The summed E-state index contributed by atoms with van der Waals surface area (Å²) in [6.07, 6.45) is 3.91. The fourth-order valence-corrected chi connectivity index (χ4v) is 6.39. The summed E-state index contributed by atoms with van der Waals surface area (Å²) < 4.78 is 0. The van der Waals surface area contributed by atoms with Crippen molar-refractivity contribution in [3.63, 3.8) is 0 Å². The first kappa shape index (κ1) is 25.0. The molecule has 2 fully saturated rings. The third kappa shape index (κ3) is 4.56. The molecule has 6 rings (SSSR count). The normalized spacial score (nSPS) is 20.1. The second-order valence-electron chi connectivity index (χ2n) is 10.7. The molecule has 3 aromatic rings. The second kappa shape index (κ2) is 10.1. The smallest absolute Gasteiger partial charge is 0.256 e. The molecule has 7 heteroatoms. The quantitative estimate of drug-likeness (QED) is 0.392. The SMILES string of the molecule is CCCC1(C(=O)Nc2ccc(N3CCN(C4c5ccccc5NC(=O)c5ccccc54)CC3)c(Cl)c2)CC1. The van der Waals surface area contributed by atoms with Gasteiger partial charge in [-0.1, -0.05) is 61.3 Å². The van der Waals surface area contributed by atoms with Gasteiger partial charge in [-0.2, -0.15) is 0 Å². The minimum atomic E-state index is -0.175. The van der Waals surface area contributed by atoms with Crippen molar-refractivity contribution in [2.24, 2.45) is 5.41 Å². The van der Waals surface area contributed by atoms with E-state index in [-0.39, 0.29) is 23.3 Å². The number of amides is 2. The zero-order valence-electron chi connectivity index (χ0n) is 21.7. The number of hydrogen-bond acceptors (Lipinski definition) is 4. The van der Waals surface area contributed by atoms with E-state index >= 15 is 0 Å². The average Bonchev–Trinajstić information content (AvgIpc) is 3.73. The number of rotatable bonds is 6. The lowest BCUT2D eigenvalue weighted by Crippen LogP contribution is -2.48. The lowest BCUT2D eigenvalue weighted by atomic mass is 9.93. The van der Waals surface area contributed by atoms with Gasteiger partial charge in [0.1, 0.15) is 0 Å². The Morgan fingerprint density at radius 1 is 1.00 bits per heavy atom. The lowest BCUT2D eigenvalue weighted by molar-refractivity contribution is -0.121. The topological polar surface area (TPSA) is 64.7 Å². The van der Waals surface area contributed by atoms with Crippen molar-refractivity contribution >= 4 is 40.5 Å². The zero-order chi connectivity index (χ0) is 26.3. The molecule has 0 spiro atoms. The number of para-hydroxylation sites is 1. The number of halogens is 1. The summed E-state index contributed by atoms with van der Waals surface area (Å²) in [5.41, 5.74) is 5.32. The van der Waals surface area contributed by atoms with E-state index in [0.29, 0.717) is 5.02 Å². The van der Waals surface area contributed by atoms with Crippen LogP contribution in [0.25, 0.3) is 0 Å². The van der Waals surface area contributed by atoms with Crippen molar-refractivity contribution in [3.8, 4) is 0 Å². The first-order valence-corrected chi connectivity index (χ1v) is 14.0. The predicted octanol–water partition coefficient (Wildman–Crippen LogP) is 6.34. The number of nitrogens with zero attached hydrogens (tertiary/aromatic N) is 2. The van der Waals surface area contributed by atoms with Gasteiger partial charge in [-0.15, -0.1) is 0 Å². The molecule has 1 atom stereocenters. The number of piperazine rings is 1. The number of hydrogen-bond donors (Lipinski definition) is 2. The van der Waals surface area contributed by atoms with Crippen LogP contribution in [0.15, 0.2) is 66.7 Å². The minimum Gasteiger partial charge on any atom is -0.368 e. The molecule has 3 aliphatic rings. The molecule has 0 bridgehead atoms. The van der Waals surface area contributed by atoms with Crippen LogP contribution in [0.3, 0.4) is 0 Å². The van der Waals surface area contributed by atoms with Crippen LogP contribution in [0.4, 0.5) is 17.1 Å². The van der Waals surface area contributed by atoms with Crippen molar-refractivity contribution in [2.75, 3.05) is 41.7 Å². The van der Waals surface area contributed by atoms with Crippen molar-refractivity contribution in [1.82, 2.24) is 4.90 Å². The van der Waals surface area contributed by atoms with E-state index in [0.717, 1.165) is 85.6 Å². The molecule has 1 unspecified atom stereocenters.